The van der Waals surface area contributed by atoms with Crippen LogP contribution >= 0.6 is 0 Å². The molecule has 0 atom stereocenters. The average Bonchev–Trinajstić information content (AvgIpc) is 2.60. The average molecular weight is 329 g/mol. The van der Waals surface area contributed by atoms with E-state index in [1.54, 1.807) is 6.07 Å². The monoisotopic (exact) mass is 329 g/mol. The van der Waals surface area contributed by atoms with Gasteiger partial charge in [-0.3, -0.25) is 0 Å². The van der Waals surface area contributed by atoms with E-state index in [2.05, 4.69) is 13.0 Å². The first-order valence-corrected chi connectivity index (χ1v) is 9.22. The van der Waals surface area contributed by atoms with Crippen molar-refractivity contribution in [3.8, 4) is 11.8 Å². The van der Waals surface area contributed by atoms with E-state index in [0.717, 1.165) is 5.92 Å². The van der Waals surface area contributed by atoms with Gasteiger partial charge in [-0.05, 0) is 49.7 Å². The Bertz CT molecular complexity index is 568. The maximum Gasteiger partial charge on any atom is 0.144 e. The lowest BCUT2D eigenvalue weighted by Gasteiger charge is -2.26. The van der Waals surface area contributed by atoms with Gasteiger partial charge in [0.15, 0.2) is 0 Å². The van der Waals surface area contributed by atoms with Crippen molar-refractivity contribution in [2.75, 3.05) is 6.61 Å². The number of ether oxygens (including phenoxy) is 1. The highest BCUT2D eigenvalue weighted by Crippen LogP contribution is 2.32. The summed E-state index contributed by atoms with van der Waals surface area (Å²) >= 11 is 0. The van der Waals surface area contributed by atoms with Gasteiger partial charge in [-0.1, -0.05) is 44.8 Å². The molecule has 0 aromatic heterocycles. The van der Waals surface area contributed by atoms with E-state index >= 15 is 0 Å². The summed E-state index contributed by atoms with van der Waals surface area (Å²) in [5.74, 6) is 1.53. The number of nitrogens with zero attached hydrogens (tertiary/aromatic N) is 1. The third-order valence-electron chi connectivity index (χ3n) is 4.92. The second kappa shape index (κ2) is 10.1. The summed E-state index contributed by atoms with van der Waals surface area (Å²) in [4.78, 5) is 0. The van der Waals surface area contributed by atoms with Crippen LogP contribution in [0.1, 0.15) is 63.9 Å². The van der Waals surface area contributed by atoms with Crippen LogP contribution in [0.4, 0.5) is 4.39 Å². The van der Waals surface area contributed by atoms with Crippen LogP contribution in [0.2, 0.25) is 0 Å². The molecule has 0 aliphatic heterocycles. The van der Waals surface area contributed by atoms with Crippen LogP contribution in [0.3, 0.4) is 0 Å². The maximum absolute atomic E-state index is 13.5. The number of allylic oxidation sites excluding steroid dienone is 1. The van der Waals surface area contributed by atoms with E-state index in [-0.39, 0.29) is 5.56 Å². The first-order valence-electron chi connectivity index (χ1n) is 9.22. The van der Waals surface area contributed by atoms with Crippen LogP contribution in [0.15, 0.2) is 30.4 Å². The Morgan fingerprint density at radius 3 is 2.71 bits per heavy atom. The van der Waals surface area contributed by atoms with Gasteiger partial charge in [0, 0.05) is 6.07 Å². The molecule has 1 aliphatic carbocycles. The van der Waals surface area contributed by atoms with Gasteiger partial charge in [-0.15, -0.1) is 0 Å². The number of halogens is 1. The summed E-state index contributed by atoms with van der Waals surface area (Å²) in [5, 5.41) is 8.70. The molecule has 24 heavy (non-hydrogen) atoms. The highest BCUT2D eigenvalue weighted by molar-refractivity contribution is 5.36. The Hall–Kier alpha value is -1.82. The number of unbranched alkanes of at least 4 members (excludes halogenated alkanes) is 2. The van der Waals surface area contributed by atoms with Gasteiger partial charge in [0.1, 0.15) is 24.2 Å². The van der Waals surface area contributed by atoms with Gasteiger partial charge in [-0.2, -0.15) is 5.26 Å². The Kier molecular flexibility index (Phi) is 7.82. The topological polar surface area (TPSA) is 33.0 Å². The Morgan fingerprint density at radius 2 is 2.04 bits per heavy atom. The molecule has 0 amide bonds. The van der Waals surface area contributed by atoms with Crippen LogP contribution in [0, 0.1) is 29.0 Å². The fourth-order valence-electron chi connectivity index (χ4n) is 3.42. The van der Waals surface area contributed by atoms with Crippen LogP contribution in [-0.2, 0) is 0 Å². The molecule has 0 heterocycles. The summed E-state index contributed by atoms with van der Waals surface area (Å²) in [6.07, 6.45) is 15.0. The molecule has 130 valence electrons. The van der Waals surface area contributed by atoms with Crippen molar-refractivity contribution in [1.29, 1.82) is 5.26 Å². The molecule has 1 aromatic carbocycles. The first kappa shape index (κ1) is 18.5. The van der Waals surface area contributed by atoms with Crippen molar-refractivity contribution in [2.24, 2.45) is 11.8 Å². The van der Waals surface area contributed by atoms with Crippen molar-refractivity contribution in [1.82, 2.24) is 0 Å². The van der Waals surface area contributed by atoms with Gasteiger partial charge in [-0.25, -0.2) is 4.39 Å². The molecule has 0 N–H and O–H groups in total. The largest absolute Gasteiger partial charge is 0.489 e. The third-order valence-corrected chi connectivity index (χ3v) is 4.92. The predicted octanol–water partition coefficient (Wildman–Crippen LogP) is 6.02. The lowest BCUT2D eigenvalue weighted by molar-refractivity contribution is 0.288. The predicted molar refractivity (Wildman–Crippen MR) is 95.3 cm³/mol. The van der Waals surface area contributed by atoms with Gasteiger partial charge in [0.05, 0.1) is 5.56 Å². The zero-order valence-corrected chi connectivity index (χ0v) is 14.6. The SMILES string of the molecule is CCCCCC1CCC(C=CCOc2ccc(C#N)c(F)c2)CC1. The summed E-state index contributed by atoms with van der Waals surface area (Å²) in [6.45, 7) is 2.71. The highest BCUT2D eigenvalue weighted by Gasteiger charge is 2.18. The van der Waals surface area contributed by atoms with Crippen molar-refractivity contribution in [3.05, 3.63) is 41.7 Å². The number of hydrogen-bond donors (Lipinski definition) is 0. The van der Waals surface area contributed by atoms with Crippen molar-refractivity contribution >= 4 is 0 Å². The molecule has 3 heteroatoms. The molecular formula is C21H28FNO. The van der Waals surface area contributed by atoms with Crippen molar-refractivity contribution in [3.63, 3.8) is 0 Å². The first-order chi connectivity index (χ1) is 11.7. The second-order valence-electron chi connectivity index (χ2n) is 6.77. The fraction of sp³-hybridized carbons (Fsp3) is 0.571. The molecule has 1 saturated carbocycles. The molecule has 1 aromatic rings. The summed E-state index contributed by atoms with van der Waals surface area (Å²) in [6, 6.07) is 6.17. The van der Waals surface area contributed by atoms with Crippen LogP contribution in [0.5, 0.6) is 5.75 Å². The summed E-state index contributed by atoms with van der Waals surface area (Å²) in [5.41, 5.74) is 0.0496. The third kappa shape index (κ3) is 6.00. The lowest BCUT2D eigenvalue weighted by Crippen LogP contribution is -2.13. The smallest absolute Gasteiger partial charge is 0.144 e. The minimum Gasteiger partial charge on any atom is -0.489 e. The Balaban J connectivity index is 1.66. The van der Waals surface area contributed by atoms with Crippen LogP contribution in [0.25, 0.3) is 0 Å². The maximum atomic E-state index is 13.5. The molecule has 0 spiro atoms. The standard InChI is InChI=1S/C21H28FNO/c1-2-3-4-6-17-8-10-18(11-9-17)7-5-14-24-20-13-12-19(16-23)21(22)15-20/h5,7,12-13,15,17-18H,2-4,6,8-11,14H2,1H3. The van der Waals surface area contributed by atoms with E-state index in [4.69, 9.17) is 10.00 Å². The minimum absolute atomic E-state index is 0.0496. The van der Waals surface area contributed by atoms with Gasteiger partial charge < -0.3 is 4.74 Å². The fourth-order valence-corrected chi connectivity index (χ4v) is 3.42. The quantitative estimate of drug-likeness (QED) is 0.431. The second-order valence-corrected chi connectivity index (χ2v) is 6.77. The number of benzene rings is 1. The molecule has 1 fully saturated rings. The molecule has 0 saturated heterocycles. The lowest BCUT2D eigenvalue weighted by atomic mass is 9.79. The van der Waals surface area contributed by atoms with Gasteiger partial charge >= 0.3 is 0 Å². The summed E-state index contributed by atoms with van der Waals surface area (Å²) < 4.78 is 19.0. The van der Waals surface area contributed by atoms with Gasteiger partial charge in [0.2, 0.25) is 0 Å². The van der Waals surface area contributed by atoms with E-state index in [9.17, 15) is 4.39 Å². The molecule has 2 rings (SSSR count). The number of rotatable bonds is 8. The Morgan fingerprint density at radius 1 is 1.25 bits per heavy atom. The molecule has 0 radical (unpaired) electrons. The molecule has 0 unspecified atom stereocenters. The van der Waals surface area contributed by atoms with Crippen molar-refractivity contribution < 1.29 is 9.13 Å². The summed E-state index contributed by atoms with van der Waals surface area (Å²) in [7, 11) is 0. The molecule has 0 bridgehead atoms. The van der Waals surface area contributed by atoms with Crippen LogP contribution in [-0.4, -0.2) is 6.61 Å². The van der Waals surface area contributed by atoms with E-state index in [1.807, 2.05) is 12.1 Å². The highest BCUT2D eigenvalue weighted by atomic mass is 19.1. The van der Waals surface area contributed by atoms with Gasteiger partial charge in [0.25, 0.3) is 0 Å². The molecular weight excluding hydrogens is 301 g/mol. The zero-order chi connectivity index (χ0) is 17.2. The minimum atomic E-state index is -0.527. The van der Waals surface area contributed by atoms with E-state index in [1.165, 1.54) is 63.5 Å². The Labute approximate surface area is 145 Å². The number of hydrogen-bond acceptors (Lipinski definition) is 2. The van der Waals surface area contributed by atoms with E-state index < -0.39 is 5.82 Å². The molecule has 1 aliphatic rings. The number of nitriles is 1. The van der Waals surface area contributed by atoms with E-state index in [0.29, 0.717) is 18.3 Å². The van der Waals surface area contributed by atoms with Crippen molar-refractivity contribution in [2.45, 2.75) is 58.3 Å². The zero-order valence-electron chi connectivity index (χ0n) is 14.6. The van der Waals surface area contributed by atoms with Crippen LogP contribution < -0.4 is 4.74 Å². The normalized spacial score (nSPS) is 20.9. The molecule has 2 nitrogen and oxygen atoms in total.